The van der Waals surface area contributed by atoms with E-state index in [9.17, 15) is 24.3 Å². The molecule has 8 rings (SSSR count). The first-order chi connectivity index (χ1) is 22.4. The lowest BCUT2D eigenvalue weighted by Gasteiger charge is -2.54. The minimum atomic E-state index is -1.33. The fourth-order valence-corrected chi connectivity index (χ4v) is 7.98. The van der Waals surface area contributed by atoms with Crippen molar-refractivity contribution in [2.24, 2.45) is 5.92 Å². The number of carbonyl (C=O) groups is 2. The number of rotatable bonds is 4. The van der Waals surface area contributed by atoms with E-state index < -0.39 is 34.7 Å². The van der Waals surface area contributed by atoms with Gasteiger partial charge < -0.3 is 5.11 Å². The average Bonchev–Trinajstić information content (AvgIpc) is 3.36. The monoisotopic (exact) mass is 607 g/mol. The van der Waals surface area contributed by atoms with E-state index in [4.69, 9.17) is 0 Å². The maximum absolute atomic E-state index is 14.9. The molecule has 2 heterocycles. The van der Waals surface area contributed by atoms with Gasteiger partial charge in [0.2, 0.25) is 0 Å². The van der Waals surface area contributed by atoms with Crippen LogP contribution in [0.4, 0.5) is 0 Å². The van der Waals surface area contributed by atoms with E-state index in [2.05, 4.69) is 0 Å². The highest BCUT2D eigenvalue weighted by molar-refractivity contribution is 6.31. The third kappa shape index (κ3) is 3.86. The third-order valence-corrected chi connectivity index (χ3v) is 9.88. The molecule has 0 bridgehead atoms. The van der Waals surface area contributed by atoms with Gasteiger partial charge in [0.05, 0.1) is 23.7 Å². The Morgan fingerprint density at radius 1 is 0.717 bits per heavy atom. The summed E-state index contributed by atoms with van der Waals surface area (Å²) in [6.45, 7) is 0.122. The van der Waals surface area contributed by atoms with Crippen LogP contribution in [-0.2, 0) is 21.5 Å². The van der Waals surface area contributed by atoms with Crippen LogP contribution in [0.15, 0.2) is 143 Å². The summed E-state index contributed by atoms with van der Waals surface area (Å²) in [6, 6.07) is 33.4. The summed E-state index contributed by atoms with van der Waals surface area (Å²) >= 11 is 0. The Balaban J connectivity index is 1.42. The minimum Gasteiger partial charge on any atom is -0.508 e. The van der Waals surface area contributed by atoms with Crippen LogP contribution < -0.4 is 11.4 Å². The van der Waals surface area contributed by atoms with Gasteiger partial charge >= 0.3 is 11.4 Å². The lowest BCUT2D eigenvalue weighted by molar-refractivity contribution is -0.133. The molecule has 0 saturated heterocycles. The molecule has 8 heteroatoms. The van der Waals surface area contributed by atoms with Gasteiger partial charge in [0.25, 0.3) is 0 Å². The quantitative estimate of drug-likeness (QED) is 0.291. The highest BCUT2D eigenvalue weighted by Gasteiger charge is 2.63. The molecule has 1 fully saturated rings. The Morgan fingerprint density at radius 3 is 2.02 bits per heavy atom. The number of carbonyl (C=O) groups excluding carboxylic acids is 2. The largest absolute Gasteiger partial charge is 0.508 e. The molecule has 0 unspecified atom stereocenters. The molecule has 4 atom stereocenters. The van der Waals surface area contributed by atoms with Gasteiger partial charge in [-0.1, -0.05) is 97.1 Å². The Kier molecular flexibility index (Phi) is 6.28. The van der Waals surface area contributed by atoms with Gasteiger partial charge in [-0.3, -0.25) is 9.59 Å². The van der Waals surface area contributed by atoms with Gasteiger partial charge in [-0.15, -0.1) is 0 Å². The minimum absolute atomic E-state index is 0.0707. The SMILES string of the molecule is O=C1C(c2ccccc2)=CC(=O)[C@@]2(c3ccccc3)[C@@H](c3ccc(O)cc3)C3=CCn4c(=O)n(-c5ccccc5)c(=O)n4[C@@H]3C[C@@H]12. The summed E-state index contributed by atoms with van der Waals surface area (Å²) in [5, 5.41) is 10.2. The number of Topliss-reactive ketones (excluding diaryl/α,β-unsaturated/α-hetero) is 1. The average molecular weight is 608 g/mol. The van der Waals surface area contributed by atoms with Crippen molar-refractivity contribution in [3.05, 3.63) is 171 Å². The second kappa shape index (κ2) is 10.4. The van der Waals surface area contributed by atoms with Crippen molar-refractivity contribution in [2.45, 2.75) is 30.3 Å². The van der Waals surface area contributed by atoms with Crippen molar-refractivity contribution in [3.8, 4) is 11.4 Å². The lowest BCUT2D eigenvalue weighted by Crippen LogP contribution is -2.58. The van der Waals surface area contributed by atoms with E-state index in [1.54, 1.807) is 48.5 Å². The second-order valence-electron chi connectivity index (χ2n) is 12.1. The molecule has 226 valence electrons. The zero-order chi connectivity index (χ0) is 31.6. The molecule has 5 aromatic rings. The Hall–Kier alpha value is -5.76. The molecule has 0 spiro atoms. The zero-order valence-corrected chi connectivity index (χ0v) is 24.7. The highest BCUT2D eigenvalue weighted by atomic mass is 16.3. The third-order valence-electron chi connectivity index (χ3n) is 9.88. The number of ketones is 2. The van der Waals surface area contributed by atoms with Crippen LogP contribution in [0.1, 0.15) is 35.1 Å². The van der Waals surface area contributed by atoms with Crippen molar-refractivity contribution >= 4 is 17.1 Å². The molecule has 2 aliphatic carbocycles. The molecule has 1 aliphatic heterocycles. The van der Waals surface area contributed by atoms with E-state index in [0.717, 1.165) is 15.7 Å². The van der Waals surface area contributed by atoms with Crippen molar-refractivity contribution in [1.29, 1.82) is 0 Å². The van der Waals surface area contributed by atoms with Crippen LogP contribution in [0.25, 0.3) is 11.3 Å². The number of para-hydroxylation sites is 1. The number of allylic oxidation sites excluding steroid dienone is 4. The first-order valence-electron chi connectivity index (χ1n) is 15.3. The topological polar surface area (TPSA) is 103 Å². The molecule has 1 N–H and O–H groups in total. The van der Waals surface area contributed by atoms with Crippen LogP contribution in [0.5, 0.6) is 5.75 Å². The fraction of sp³-hybridized carbons (Fsp3) is 0.158. The van der Waals surface area contributed by atoms with Gasteiger partial charge in [-0.25, -0.2) is 23.5 Å². The van der Waals surface area contributed by atoms with E-state index in [-0.39, 0.29) is 30.3 Å². The predicted octanol–water partition coefficient (Wildman–Crippen LogP) is 4.96. The maximum Gasteiger partial charge on any atom is 0.352 e. The van der Waals surface area contributed by atoms with Crippen LogP contribution in [0.2, 0.25) is 0 Å². The van der Waals surface area contributed by atoms with Gasteiger partial charge in [-0.2, -0.15) is 0 Å². The maximum atomic E-state index is 14.9. The zero-order valence-electron chi connectivity index (χ0n) is 24.7. The Morgan fingerprint density at radius 2 is 1.35 bits per heavy atom. The first kappa shape index (κ1) is 27.8. The molecule has 4 aromatic carbocycles. The molecule has 0 amide bonds. The molecule has 1 saturated carbocycles. The molecule has 1 aromatic heterocycles. The van der Waals surface area contributed by atoms with E-state index in [1.165, 1.54) is 15.4 Å². The van der Waals surface area contributed by atoms with Crippen LogP contribution in [-0.4, -0.2) is 30.6 Å². The number of hydrogen-bond acceptors (Lipinski definition) is 5. The second-order valence-corrected chi connectivity index (χ2v) is 12.1. The van der Waals surface area contributed by atoms with E-state index >= 15 is 0 Å². The Labute approximate surface area is 263 Å². The molecule has 3 aliphatic rings. The predicted molar refractivity (Wildman–Crippen MR) is 173 cm³/mol. The number of phenols is 1. The van der Waals surface area contributed by atoms with Crippen LogP contribution in [0, 0.1) is 5.92 Å². The number of aromatic hydroxyl groups is 1. The van der Waals surface area contributed by atoms with Crippen molar-refractivity contribution < 1.29 is 14.7 Å². The molecule has 8 nitrogen and oxygen atoms in total. The number of fused-ring (bicyclic) bond motifs is 4. The number of nitrogens with zero attached hydrogens (tertiary/aromatic N) is 3. The summed E-state index contributed by atoms with van der Waals surface area (Å²) in [4.78, 5) is 57.7. The van der Waals surface area contributed by atoms with Gasteiger partial charge in [-0.05, 0) is 59.0 Å². The van der Waals surface area contributed by atoms with E-state index in [0.29, 0.717) is 22.4 Å². The van der Waals surface area contributed by atoms with Crippen molar-refractivity contribution in [1.82, 2.24) is 13.9 Å². The first-order valence-corrected chi connectivity index (χ1v) is 15.3. The standard InChI is InChI=1S/C38H29N3O5/c42-28-18-16-25(17-19-28)34-29-20-21-39-36(45)40(27-14-8-3-9-15-27)37(46)41(39)32(29)23-31-35(44)30(24-10-4-1-5-11-24)22-33(43)38(31,34)26-12-6-2-7-13-26/h1-20,22,31-32,34,42H,21,23H2/t31-,32+,34-,38-/m0/s1. The van der Waals surface area contributed by atoms with Gasteiger partial charge in [0, 0.05) is 17.4 Å². The fourth-order valence-electron chi connectivity index (χ4n) is 7.98. The normalized spacial score (nSPS) is 23.5. The summed E-state index contributed by atoms with van der Waals surface area (Å²) in [7, 11) is 0. The van der Waals surface area contributed by atoms with Gasteiger partial charge in [0.1, 0.15) is 5.75 Å². The smallest absolute Gasteiger partial charge is 0.352 e. The molecule has 0 radical (unpaired) electrons. The Bertz CT molecular complexity index is 2190. The molecular formula is C38H29N3O5. The van der Waals surface area contributed by atoms with Crippen LogP contribution >= 0.6 is 0 Å². The lowest BCUT2D eigenvalue weighted by atomic mass is 9.47. The van der Waals surface area contributed by atoms with Crippen molar-refractivity contribution in [2.75, 3.05) is 0 Å². The summed E-state index contributed by atoms with van der Waals surface area (Å²) in [6.07, 6.45) is 3.57. The van der Waals surface area contributed by atoms with E-state index in [1.807, 2.05) is 72.8 Å². The molecular weight excluding hydrogens is 578 g/mol. The number of benzene rings is 4. The molecule has 46 heavy (non-hydrogen) atoms. The number of phenolic OH excluding ortho intramolecular Hbond substituents is 1. The number of hydrogen-bond donors (Lipinski definition) is 1. The summed E-state index contributed by atoms with van der Waals surface area (Å²) < 4.78 is 4.07. The van der Waals surface area contributed by atoms with Crippen LogP contribution in [0.3, 0.4) is 0 Å². The number of aromatic nitrogens is 3. The summed E-state index contributed by atoms with van der Waals surface area (Å²) in [5.74, 6) is -1.84. The van der Waals surface area contributed by atoms with Crippen molar-refractivity contribution in [3.63, 3.8) is 0 Å². The van der Waals surface area contributed by atoms with Gasteiger partial charge in [0.15, 0.2) is 11.6 Å². The summed E-state index contributed by atoms with van der Waals surface area (Å²) in [5.41, 5.74) is 1.36. The highest BCUT2D eigenvalue weighted by Crippen LogP contribution is 2.61.